The largest absolute Gasteiger partial charge is 0.296 e. The van der Waals surface area contributed by atoms with Crippen LogP contribution in [-0.4, -0.2) is 25.9 Å². The van der Waals surface area contributed by atoms with Crippen molar-refractivity contribution in [2.24, 2.45) is 0 Å². The maximum absolute atomic E-state index is 12.1. The number of rotatable bonds is 4. The maximum Gasteiger partial charge on any atom is 0.296 e. The lowest BCUT2D eigenvalue weighted by Gasteiger charge is -2.16. The Morgan fingerprint density at radius 2 is 1.26 bits per heavy atom. The number of halogens is 1. The second-order valence-corrected chi connectivity index (χ2v) is 9.30. The van der Waals surface area contributed by atoms with Gasteiger partial charge in [0.25, 0.3) is 20.2 Å². The molecule has 3 aromatic carbocycles. The number of benzene rings is 3. The van der Waals surface area contributed by atoms with E-state index in [4.69, 9.17) is 0 Å². The Morgan fingerprint density at radius 1 is 0.667 bits per heavy atom. The van der Waals surface area contributed by atoms with E-state index in [1.165, 1.54) is 6.07 Å². The molecule has 27 heavy (non-hydrogen) atoms. The Morgan fingerprint density at radius 3 is 1.78 bits per heavy atom. The summed E-state index contributed by atoms with van der Waals surface area (Å²) in [6, 6.07) is 17.4. The van der Waals surface area contributed by atoms with Gasteiger partial charge in [0.05, 0.1) is 0 Å². The topological polar surface area (TPSA) is 109 Å². The van der Waals surface area contributed by atoms with Gasteiger partial charge < -0.3 is 0 Å². The minimum Gasteiger partial charge on any atom is -0.282 e. The van der Waals surface area contributed by atoms with Gasteiger partial charge in [0.1, 0.15) is 9.79 Å². The Labute approximate surface area is 165 Å². The summed E-state index contributed by atoms with van der Waals surface area (Å²) in [5.74, 6) is 0. The molecular formula is C18H13BrO6S2. The first-order valence-corrected chi connectivity index (χ1v) is 11.2. The average Bonchev–Trinajstić information content (AvgIpc) is 2.60. The van der Waals surface area contributed by atoms with Crippen molar-refractivity contribution in [1.82, 2.24) is 0 Å². The van der Waals surface area contributed by atoms with Gasteiger partial charge in [-0.1, -0.05) is 64.5 Å². The molecule has 6 nitrogen and oxygen atoms in total. The van der Waals surface area contributed by atoms with E-state index in [9.17, 15) is 25.9 Å². The zero-order valence-corrected chi connectivity index (χ0v) is 16.8. The van der Waals surface area contributed by atoms with Gasteiger partial charge in [-0.25, -0.2) is 0 Å². The van der Waals surface area contributed by atoms with Crippen LogP contribution >= 0.6 is 15.9 Å². The molecule has 0 aromatic heterocycles. The zero-order valence-electron chi connectivity index (χ0n) is 13.6. The molecule has 140 valence electrons. The lowest BCUT2D eigenvalue weighted by molar-refractivity contribution is 0.467. The molecule has 0 fully saturated rings. The van der Waals surface area contributed by atoms with Crippen molar-refractivity contribution in [3.63, 3.8) is 0 Å². The molecule has 0 aliphatic carbocycles. The molecule has 0 spiro atoms. The summed E-state index contributed by atoms with van der Waals surface area (Å²) in [7, 11) is -9.88. The highest BCUT2D eigenvalue weighted by Crippen LogP contribution is 2.40. The molecule has 3 rings (SSSR count). The number of hydrogen-bond donors (Lipinski definition) is 2. The van der Waals surface area contributed by atoms with Gasteiger partial charge in [0.2, 0.25) is 0 Å². The third kappa shape index (κ3) is 4.12. The molecule has 3 aromatic rings. The van der Waals surface area contributed by atoms with Gasteiger partial charge in [-0.3, -0.25) is 9.11 Å². The first-order valence-electron chi connectivity index (χ1n) is 7.52. The van der Waals surface area contributed by atoms with Crippen LogP contribution in [0, 0.1) is 0 Å². The van der Waals surface area contributed by atoms with Gasteiger partial charge in [-0.05, 0) is 34.9 Å². The first-order chi connectivity index (χ1) is 12.6. The standard InChI is InChI=1S/C18H13BrO6S2/c19-14-8-6-12(7-9-14)15-10-11-16(26(20,21)22)18(27(23,24)25)17(15)13-4-2-1-3-5-13/h1-11H,(H,20,21,22)(H,23,24,25). The molecule has 0 heterocycles. The third-order valence-corrected chi connectivity index (χ3v) is 6.37. The SMILES string of the molecule is O=S(=O)(O)c1ccc(-c2ccc(Br)cc2)c(-c2ccccc2)c1S(=O)(=O)O. The Bertz CT molecular complexity index is 1200. The van der Waals surface area contributed by atoms with Crippen LogP contribution in [0.25, 0.3) is 22.3 Å². The second kappa shape index (κ2) is 7.17. The van der Waals surface area contributed by atoms with Crippen LogP contribution in [0.2, 0.25) is 0 Å². The smallest absolute Gasteiger partial charge is 0.282 e. The van der Waals surface area contributed by atoms with Gasteiger partial charge in [-0.15, -0.1) is 0 Å². The van der Waals surface area contributed by atoms with Crippen molar-refractivity contribution in [2.45, 2.75) is 9.79 Å². The van der Waals surface area contributed by atoms with E-state index < -0.39 is 30.0 Å². The van der Waals surface area contributed by atoms with Crippen LogP contribution in [0.1, 0.15) is 0 Å². The van der Waals surface area contributed by atoms with Crippen molar-refractivity contribution in [3.05, 3.63) is 71.2 Å². The highest BCUT2D eigenvalue weighted by molar-refractivity contribution is 9.10. The molecule has 0 aliphatic heterocycles. The fraction of sp³-hybridized carbons (Fsp3) is 0. The highest BCUT2D eigenvalue weighted by Gasteiger charge is 2.30. The molecule has 0 saturated heterocycles. The molecule has 9 heteroatoms. The van der Waals surface area contributed by atoms with E-state index in [1.807, 2.05) is 0 Å². The third-order valence-electron chi connectivity index (χ3n) is 3.88. The average molecular weight is 469 g/mol. The minimum absolute atomic E-state index is 0.0180. The highest BCUT2D eigenvalue weighted by atomic mass is 79.9. The summed E-state index contributed by atoms with van der Waals surface area (Å²) in [5, 5.41) is 0. The van der Waals surface area contributed by atoms with Crippen molar-refractivity contribution < 1.29 is 25.9 Å². The molecular weight excluding hydrogens is 456 g/mol. The zero-order chi connectivity index (χ0) is 19.8. The van der Waals surface area contributed by atoms with Crippen molar-refractivity contribution in [2.75, 3.05) is 0 Å². The normalized spacial score (nSPS) is 12.1. The summed E-state index contributed by atoms with van der Waals surface area (Å²) in [6.07, 6.45) is 0. The molecule has 2 N–H and O–H groups in total. The monoisotopic (exact) mass is 468 g/mol. The molecule has 0 aliphatic rings. The van der Waals surface area contributed by atoms with E-state index in [0.29, 0.717) is 16.7 Å². The Hall–Kier alpha value is -2.04. The van der Waals surface area contributed by atoms with Crippen LogP contribution in [0.5, 0.6) is 0 Å². The Balaban J connectivity index is 2.52. The maximum atomic E-state index is 12.1. The predicted octanol–water partition coefficient (Wildman–Crippen LogP) is 4.28. The Kier molecular flexibility index (Phi) is 5.24. The summed E-state index contributed by atoms with van der Waals surface area (Å²) in [4.78, 5) is -1.75. The van der Waals surface area contributed by atoms with Crippen molar-refractivity contribution in [1.29, 1.82) is 0 Å². The summed E-state index contributed by atoms with van der Waals surface area (Å²) >= 11 is 3.32. The number of hydrogen-bond acceptors (Lipinski definition) is 4. The van der Waals surface area contributed by atoms with Gasteiger partial charge in [0, 0.05) is 10.0 Å². The summed E-state index contributed by atoms with van der Waals surface area (Å²) < 4.78 is 67.8. The van der Waals surface area contributed by atoms with Gasteiger partial charge in [-0.2, -0.15) is 16.8 Å². The van der Waals surface area contributed by atoms with Crippen molar-refractivity contribution in [3.8, 4) is 22.3 Å². The quantitative estimate of drug-likeness (QED) is 0.553. The predicted molar refractivity (Wildman–Crippen MR) is 105 cm³/mol. The fourth-order valence-corrected chi connectivity index (χ4v) is 5.06. The second-order valence-electron chi connectivity index (χ2n) is 5.64. The molecule has 0 unspecified atom stereocenters. The lowest BCUT2D eigenvalue weighted by atomic mass is 9.94. The van der Waals surface area contributed by atoms with Crippen LogP contribution < -0.4 is 0 Å². The summed E-state index contributed by atoms with van der Waals surface area (Å²) in [5.41, 5.74) is 1.33. The molecule has 0 saturated carbocycles. The van der Waals surface area contributed by atoms with Crippen LogP contribution in [0.3, 0.4) is 0 Å². The van der Waals surface area contributed by atoms with Crippen LogP contribution in [0.4, 0.5) is 0 Å². The molecule has 0 bridgehead atoms. The molecule has 0 radical (unpaired) electrons. The van der Waals surface area contributed by atoms with E-state index in [-0.39, 0.29) is 5.56 Å². The van der Waals surface area contributed by atoms with E-state index in [0.717, 1.165) is 10.5 Å². The van der Waals surface area contributed by atoms with Crippen molar-refractivity contribution >= 4 is 36.2 Å². The first kappa shape index (κ1) is 19.7. The summed E-state index contributed by atoms with van der Waals surface area (Å²) in [6.45, 7) is 0. The van der Waals surface area contributed by atoms with Gasteiger partial charge >= 0.3 is 0 Å². The van der Waals surface area contributed by atoms with E-state index in [2.05, 4.69) is 15.9 Å². The molecule has 0 atom stereocenters. The molecule has 0 amide bonds. The van der Waals surface area contributed by atoms with E-state index >= 15 is 0 Å². The minimum atomic E-state index is -4.98. The van der Waals surface area contributed by atoms with Gasteiger partial charge in [0.15, 0.2) is 0 Å². The van der Waals surface area contributed by atoms with Crippen LogP contribution in [0.15, 0.2) is 81.0 Å². The van der Waals surface area contributed by atoms with E-state index in [1.54, 1.807) is 54.6 Å². The lowest BCUT2D eigenvalue weighted by Crippen LogP contribution is -2.11. The van der Waals surface area contributed by atoms with Crippen LogP contribution in [-0.2, 0) is 20.2 Å². The fourth-order valence-electron chi connectivity index (χ4n) is 2.78.